The van der Waals surface area contributed by atoms with Crippen molar-refractivity contribution in [2.24, 2.45) is 13.0 Å². The van der Waals surface area contributed by atoms with Gasteiger partial charge >= 0.3 is 0 Å². The van der Waals surface area contributed by atoms with E-state index in [4.69, 9.17) is 4.74 Å². The summed E-state index contributed by atoms with van der Waals surface area (Å²) in [6.07, 6.45) is 2.81. The molecular weight excluding hydrogens is 348 g/mol. The van der Waals surface area contributed by atoms with E-state index in [0.29, 0.717) is 24.5 Å². The van der Waals surface area contributed by atoms with E-state index in [-0.39, 0.29) is 36.7 Å². The Hall–Kier alpha value is -2.87. The maximum Gasteiger partial charge on any atom is 0.266 e. The van der Waals surface area contributed by atoms with Crippen LogP contribution in [-0.2, 0) is 16.6 Å². The molecule has 8 heteroatoms. The maximum atomic E-state index is 12.8. The largest absolute Gasteiger partial charge is 0.478 e. The monoisotopic (exact) mass is 370 g/mol. The topological polar surface area (TPSA) is 96.7 Å². The van der Waals surface area contributed by atoms with E-state index in [9.17, 15) is 14.7 Å². The number of anilines is 1. The highest BCUT2D eigenvalue weighted by molar-refractivity contribution is 5.99. The first kappa shape index (κ1) is 17.5. The van der Waals surface area contributed by atoms with Crippen molar-refractivity contribution in [2.75, 3.05) is 25.0 Å². The standard InChI is InChI=1S/C19H22N4O4/c1-22-8-12(7-20-22)14-10-23(9-13(14)11-24)18(25)6-17-19(26)21-15-4-2-3-5-16(15)27-17/h2-5,7-8,13-14,17,24H,6,9-11H2,1H3,(H,21,26)/t13-,14-,17?/m0/s1. The molecule has 1 unspecified atom stereocenters. The number of carbonyl (C=O) groups is 2. The fourth-order valence-electron chi connectivity index (χ4n) is 3.78. The molecule has 3 atom stereocenters. The number of fused-ring (bicyclic) bond motifs is 1. The lowest BCUT2D eigenvalue weighted by Crippen LogP contribution is -2.42. The Balaban J connectivity index is 1.43. The van der Waals surface area contributed by atoms with Crippen LogP contribution >= 0.6 is 0 Å². The third-order valence-corrected chi connectivity index (χ3v) is 5.25. The van der Waals surface area contributed by atoms with Crippen LogP contribution in [0.2, 0.25) is 0 Å². The van der Waals surface area contributed by atoms with Crippen LogP contribution in [0.5, 0.6) is 5.75 Å². The lowest BCUT2D eigenvalue weighted by atomic mass is 9.92. The molecule has 2 aliphatic heterocycles. The van der Waals surface area contributed by atoms with E-state index in [0.717, 1.165) is 5.56 Å². The highest BCUT2D eigenvalue weighted by atomic mass is 16.5. The number of benzene rings is 1. The summed E-state index contributed by atoms with van der Waals surface area (Å²) >= 11 is 0. The summed E-state index contributed by atoms with van der Waals surface area (Å²) in [6, 6.07) is 7.16. The molecule has 2 aliphatic rings. The van der Waals surface area contributed by atoms with E-state index < -0.39 is 6.10 Å². The van der Waals surface area contributed by atoms with Crippen molar-refractivity contribution in [3.8, 4) is 5.75 Å². The molecule has 142 valence electrons. The summed E-state index contributed by atoms with van der Waals surface area (Å²) < 4.78 is 7.43. The molecule has 2 amide bonds. The molecule has 0 spiro atoms. The molecule has 8 nitrogen and oxygen atoms in total. The van der Waals surface area contributed by atoms with Gasteiger partial charge in [-0.1, -0.05) is 12.1 Å². The molecule has 1 saturated heterocycles. The number of rotatable bonds is 4. The van der Waals surface area contributed by atoms with Crippen LogP contribution in [-0.4, -0.2) is 57.4 Å². The Morgan fingerprint density at radius 1 is 1.37 bits per heavy atom. The van der Waals surface area contributed by atoms with E-state index in [1.807, 2.05) is 25.4 Å². The van der Waals surface area contributed by atoms with Crippen LogP contribution in [0.25, 0.3) is 0 Å². The zero-order valence-electron chi connectivity index (χ0n) is 15.0. The van der Waals surface area contributed by atoms with Gasteiger partial charge in [0.05, 0.1) is 18.3 Å². The zero-order valence-corrected chi connectivity index (χ0v) is 15.0. The quantitative estimate of drug-likeness (QED) is 0.828. The lowest BCUT2D eigenvalue weighted by Gasteiger charge is -2.27. The highest BCUT2D eigenvalue weighted by Crippen LogP contribution is 2.34. The number of aliphatic hydroxyl groups excluding tert-OH is 1. The van der Waals surface area contributed by atoms with Crippen LogP contribution < -0.4 is 10.1 Å². The van der Waals surface area contributed by atoms with E-state index >= 15 is 0 Å². The van der Waals surface area contributed by atoms with Gasteiger partial charge in [0.25, 0.3) is 5.91 Å². The molecule has 2 N–H and O–H groups in total. The number of amides is 2. The van der Waals surface area contributed by atoms with Gasteiger partial charge in [0, 0.05) is 44.8 Å². The Morgan fingerprint density at radius 2 is 2.19 bits per heavy atom. The van der Waals surface area contributed by atoms with Crippen molar-refractivity contribution in [3.63, 3.8) is 0 Å². The Kier molecular flexibility index (Phi) is 4.57. The summed E-state index contributed by atoms with van der Waals surface area (Å²) in [4.78, 5) is 26.7. The van der Waals surface area contributed by atoms with Gasteiger partial charge in [-0.25, -0.2) is 0 Å². The number of aromatic nitrogens is 2. The molecule has 3 heterocycles. The molecule has 1 aromatic heterocycles. The number of ether oxygens (including phenoxy) is 1. The molecule has 0 aliphatic carbocycles. The highest BCUT2D eigenvalue weighted by Gasteiger charge is 2.38. The smallest absolute Gasteiger partial charge is 0.266 e. The number of carbonyl (C=O) groups excluding carboxylic acids is 2. The van der Waals surface area contributed by atoms with Crippen molar-refractivity contribution in [1.82, 2.24) is 14.7 Å². The average molecular weight is 370 g/mol. The average Bonchev–Trinajstić information content (AvgIpc) is 3.28. The molecule has 4 rings (SSSR count). The summed E-state index contributed by atoms with van der Waals surface area (Å²) in [5.74, 6) is 0.0929. The summed E-state index contributed by atoms with van der Waals surface area (Å²) in [6.45, 7) is 0.956. The van der Waals surface area contributed by atoms with Crippen LogP contribution in [0.4, 0.5) is 5.69 Å². The minimum Gasteiger partial charge on any atom is -0.478 e. The van der Waals surface area contributed by atoms with Gasteiger partial charge in [-0.15, -0.1) is 0 Å². The summed E-state index contributed by atoms with van der Waals surface area (Å²) in [5, 5.41) is 16.7. The van der Waals surface area contributed by atoms with Gasteiger partial charge < -0.3 is 20.1 Å². The van der Waals surface area contributed by atoms with Crippen molar-refractivity contribution in [2.45, 2.75) is 18.4 Å². The first-order chi connectivity index (χ1) is 13.0. The molecule has 0 radical (unpaired) electrons. The second-order valence-electron chi connectivity index (χ2n) is 7.09. The fourth-order valence-corrected chi connectivity index (χ4v) is 3.78. The second kappa shape index (κ2) is 7.03. The van der Waals surface area contributed by atoms with Gasteiger partial charge in [0.2, 0.25) is 5.91 Å². The number of aryl methyl sites for hydroxylation is 1. The Bertz CT molecular complexity index is 865. The number of hydrogen-bond acceptors (Lipinski definition) is 5. The molecule has 0 bridgehead atoms. The third kappa shape index (κ3) is 3.40. The van der Waals surface area contributed by atoms with Gasteiger partial charge in [0.1, 0.15) is 5.75 Å². The Labute approximate surface area is 156 Å². The van der Waals surface area contributed by atoms with E-state index in [1.54, 1.807) is 27.9 Å². The Morgan fingerprint density at radius 3 is 2.93 bits per heavy atom. The first-order valence-corrected chi connectivity index (χ1v) is 8.99. The second-order valence-corrected chi connectivity index (χ2v) is 7.09. The molecule has 27 heavy (non-hydrogen) atoms. The van der Waals surface area contributed by atoms with E-state index in [1.165, 1.54) is 0 Å². The molecular formula is C19H22N4O4. The van der Waals surface area contributed by atoms with Crippen molar-refractivity contribution in [3.05, 3.63) is 42.2 Å². The van der Waals surface area contributed by atoms with Crippen LogP contribution in [0.1, 0.15) is 17.9 Å². The van der Waals surface area contributed by atoms with Gasteiger partial charge in [-0.05, 0) is 17.7 Å². The van der Waals surface area contributed by atoms with Crippen LogP contribution in [0.15, 0.2) is 36.7 Å². The maximum absolute atomic E-state index is 12.8. The minimum atomic E-state index is -0.850. The predicted molar refractivity (Wildman–Crippen MR) is 97.2 cm³/mol. The number of nitrogens with zero attached hydrogens (tertiary/aromatic N) is 3. The first-order valence-electron chi connectivity index (χ1n) is 8.99. The normalized spacial score (nSPS) is 24.3. The third-order valence-electron chi connectivity index (χ3n) is 5.25. The van der Waals surface area contributed by atoms with Gasteiger partial charge in [-0.2, -0.15) is 5.10 Å². The predicted octanol–water partition coefficient (Wildman–Crippen LogP) is 0.744. The number of hydrogen-bond donors (Lipinski definition) is 2. The number of nitrogens with one attached hydrogen (secondary N) is 1. The van der Waals surface area contributed by atoms with Gasteiger partial charge in [-0.3, -0.25) is 14.3 Å². The molecule has 1 fully saturated rings. The van der Waals surface area contributed by atoms with E-state index in [2.05, 4.69) is 10.4 Å². The van der Waals surface area contributed by atoms with Crippen molar-refractivity contribution >= 4 is 17.5 Å². The number of likely N-dealkylation sites (tertiary alicyclic amines) is 1. The van der Waals surface area contributed by atoms with Crippen LogP contribution in [0, 0.1) is 5.92 Å². The molecule has 0 saturated carbocycles. The van der Waals surface area contributed by atoms with Gasteiger partial charge in [0.15, 0.2) is 6.10 Å². The summed E-state index contributed by atoms with van der Waals surface area (Å²) in [7, 11) is 1.84. The molecule has 2 aromatic rings. The number of aliphatic hydroxyl groups is 1. The van der Waals surface area contributed by atoms with Crippen molar-refractivity contribution in [1.29, 1.82) is 0 Å². The fraction of sp³-hybridized carbons (Fsp3) is 0.421. The molecule has 1 aromatic carbocycles. The zero-order chi connectivity index (χ0) is 19.0. The lowest BCUT2D eigenvalue weighted by molar-refractivity contribution is -0.136. The van der Waals surface area contributed by atoms with Crippen molar-refractivity contribution < 1.29 is 19.4 Å². The summed E-state index contributed by atoms with van der Waals surface area (Å²) in [5.41, 5.74) is 1.62. The SMILES string of the molecule is Cn1cc([C@@H]2CN(C(=O)CC3Oc4ccccc4NC3=O)C[C@H]2CO)cn1. The minimum absolute atomic E-state index is 0.00285. The number of para-hydroxylation sites is 2. The van der Waals surface area contributed by atoms with Crippen LogP contribution in [0.3, 0.4) is 0 Å².